The van der Waals surface area contributed by atoms with E-state index in [2.05, 4.69) is 27.5 Å². The van der Waals surface area contributed by atoms with Crippen LogP contribution in [0.3, 0.4) is 0 Å². The summed E-state index contributed by atoms with van der Waals surface area (Å²) in [6.45, 7) is 3.27. The molecule has 1 heterocycles. The first kappa shape index (κ1) is 16.8. The van der Waals surface area contributed by atoms with Crippen LogP contribution in [0.4, 0.5) is 0 Å². The fraction of sp³-hybridized carbons (Fsp3) is 0.200. The van der Waals surface area contributed by atoms with Crippen molar-refractivity contribution in [3.05, 3.63) is 83.7 Å². The summed E-state index contributed by atoms with van der Waals surface area (Å²) >= 11 is 0. The summed E-state index contributed by atoms with van der Waals surface area (Å²) in [4.78, 5) is 4.42. The molecule has 5 nitrogen and oxygen atoms in total. The molecule has 0 aliphatic heterocycles. The van der Waals surface area contributed by atoms with Gasteiger partial charge in [0.05, 0.1) is 17.9 Å². The summed E-state index contributed by atoms with van der Waals surface area (Å²) in [7, 11) is 0. The second-order valence-electron chi connectivity index (χ2n) is 5.88. The van der Waals surface area contributed by atoms with E-state index in [1.165, 1.54) is 5.56 Å². The molecule has 0 saturated heterocycles. The molecule has 3 aromatic rings. The number of aliphatic imine (C=N–C) groups is 1. The summed E-state index contributed by atoms with van der Waals surface area (Å²) in [5.41, 5.74) is 10.3. The number of benzene rings is 2. The van der Waals surface area contributed by atoms with Gasteiger partial charge in [0.25, 0.3) is 0 Å². The highest BCUT2D eigenvalue weighted by Gasteiger charge is 2.05. The smallest absolute Gasteiger partial charge is 0.188 e. The van der Waals surface area contributed by atoms with E-state index in [-0.39, 0.29) is 0 Å². The molecule has 0 radical (unpaired) electrons. The Morgan fingerprint density at radius 1 is 1.08 bits per heavy atom. The van der Waals surface area contributed by atoms with Crippen LogP contribution in [0.1, 0.15) is 16.8 Å². The van der Waals surface area contributed by atoms with Crippen LogP contribution in [-0.4, -0.2) is 22.3 Å². The zero-order valence-electron chi connectivity index (χ0n) is 14.4. The maximum atomic E-state index is 5.97. The molecule has 5 heteroatoms. The third kappa shape index (κ3) is 4.70. The van der Waals surface area contributed by atoms with Crippen LogP contribution in [0.2, 0.25) is 0 Å². The Morgan fingerprint density at radius 2 is 1.76 bits per heavy atom. The Balaban J connectivity index is 1.55. The van der Waals surface area contributed by atoms with Crippen molar-refractivity contribution < 1.29 is 0 Å². The normalized spacial score (nSPS) is 11.5. The van der Waals surface area contributed by atoms with Gasteiger partial charge in [-0.3, -0.25) is 0 Å². The van der Waals surface area contributed by atoms with Crippen LogP contribution in [0.25, 0.3) is 5.69 Å². The van der Waals surface area contributed by atoms with E-state index in [4.69, 9.17) is 5.73 Å². The van der Waals surface area contributed by atoms with Crippen molar-refractivity contribution in [2.75, 3.05) is 6.54 Å². The van der Waals surface area contributed by atoms with Gasteiger partial charge >= 0.3 is 0 Å². The SMILES string of the molecule is Cc1nn(-c2ccccc2)cc1CN=C(N)NCCc1ccccc1. The standard InChI is InChI=1S/C20H23N5/c1-16-18(15-25(24-16)19-10-6-3-7-11-19)14-23-20(21)22-13-12-17-8-4-2-5-9-17/h2-11,15H,12-14H2,1H3,(H3,21,22,23). The van der Waals surface area contributed by atoms with Gasteiger partial charge in [-0.1, -0.05) is 48.5 Å². The monoisotopic (exact) mass is 333 g/mol. The summed E-state index contributed by atoms with van der Waals surface area (Å²) in [5.74, 6) is 0.461. The second-order valence-corrected chi connectivity index (χ2v) is 5.88. The summed E-state index contributed by atoms with van der Waals surface area (Å²) in [6, 6.07) is 20.4. The lowest BCUT2D eigenvalue weighted by Crippen LogP contribution is -2.33. The first-order valence-electron chi connectivity index (χ1n) is 8.40. The third-order valence-electron chi connectivity index (χ3n) is 4.00. The Morgan fingerprint density at radius 3 is 2.48 bits per heavy atom. The van der Waals surface area contributed by atoms with Gasteiger partial charge in [0.1, 0.15) is 0 Å². The van der Waals surface area contributed by atoms with Gasteiger partial charge in [0, 0.05) is 18.3 Å². The number of aromatic nitrogens is 2. The minimum absolute atomic E-state index is 0.461. The molecule has 25 heavy (non-hydrogen) atoms. The average Bonchev–Trinajstić information content (AvgIpc) is 3.02. The van der Waals surface area contributed by atoms with Gasteiger partial charge in [0.2, 0.25) is 0 Å². The van der Waals surface area contributed by atoms with E-state index >= 15 is 0 Å². The van der Waals surface area contributed by atoms with Crippen molar-refractivity contribution in [2.24, 2.45) is 10.7 Å². The number of para-hydroxylation sites is 1. The molecule has 0 unspecified atom stereocenters. The quantitative estimate of drug-likeness (QED) is 0.538. The van der Waals surface area contributed by atoms with E-state index in [1.807, 2.05) is 66.3 Å². The van der Waals surface area contributed by atoms with Crippen LogP contribution in [0.5, 0.6) is 0 Å². The minimum atomic E-state index is 0.461. The van der Waals surface area contributed by atoms with Crippen molar-refractivity contribution in [2.45, 2.75) is 19.9 Å². The van der Waals surface area contributed by atoms with E-state index in [0.29, 0.717) is 12.5 Å². The maximum Gasteiger partial charge on any atom is 0.188 e. The molecule has 128 valence electrons. The summed E-state index contributed by atoms with van der Waals surface area (Å²) in [6.07, 6.45) is 2.92. The van der Waals surface area contributed by atoms with Crippen molar-refractivity contribution in [3.8, 4) is 5.69 Å². The van der Waals surface area contributed by atoms with Crippen molar-refractivity contribution in [1.29, 1.82) is 0 Å². The maximum absolute atomic E-state index is 5.97. The zero-order chi connectivity index (χ0) is 17.5. The fourth-order valence-corrected chi connectivity index (χ4v) is 2.57. The lowest BCUT2D eigenvalue weighted by molar-refractivity contribution is 0.847. The molecule has 0 bridgehead atoms. The van der Waals surface area contributed by atoms with Crippen LogP contribution in [0, 0.1) is 6.92 Å². The number of nitrogens with two attached hydrogens (primary N) is 1. The van der Waals surface area contributed by atoms with E-state index in [0.717, 1.165) is 29.9 Å². The van der Waals surface area contributed by atoms with E-state index in [9.17, 15) is 0 Å². The Bertz CT molecular complexity index is 822. The number of guanidine groups is 1. The average molecular weight is 333 g/mol. The van der Waals surface area contributed by atoms with E-state index in [1.54, 1.807) is 0 Å². The summed E-state index contributed by atoms with van der Waals surface area (Å²) in [5, 5.41) is 7.71. The Kier molecular flexibility index (Phi) is 5.46. The first-order chi connectivity index (χ1) is 12.2. The topological polar surface area (TPSA) is 68.2 Å². The molecule has 0 aliphatic carbocycles. The number of aryl methyl sites for hydroxylation is 1. The van der Waals surface area contributed by atoms with Gasteiger partial charge in [-0.2, -0.15) is 5.10 Å². The van der Waals surface area contributed by atoms with Crippen LogP contribution < -0.4 is 11.1 Å². The van der Waals surface area contributed by atoms with Crippen molar-refractivity contribution in [3.63, 3.8) is 0 Å². The lowest BCUT2D eigenvalue weighted by atomic mass is 10.1. The molecular weight excluding hydrogens is 310 g/mol. The highest BCUT2D eigenvalue weighted by Crippen LogP contribution is 2.12. The Labute approximate surface area is 148 Å². The van der Waals surface area contributed by atoms with Crippen molar-refractivity contribution in [1.82, 2.24) is 15.1 Å². The van der Waals surface area contributed by atoms with Crippen molar-refractivity contribution >= 4 is 5.96 Å². The van der Waals surface area contributed by atoms with Crippen LogP contribution in [0.15, 0.2) is 71.9 Å². The number of nitrogens with one attached hydrogen (secondary N) is 1. The largest absolute Gasteiger partial charge is 0.370 e. The molecule has 1 aromatic heterocycles. The predicted octanol–water partition coefficient (Wildman–Crippen LogP) is 2.83. The third-order valence-corrected chi connectivity index (χ3v) is 4.00. The lowest BCUT2D eigenvalue weighted by Gasteiger charge is -2.05. The Hall–Kier alpha value is -3.08. The van der Waals surface area contributed by atoms with Gasteiger partial charge in [0.15, 0.2) is 5.96 Å². The summed E-state index contributed by atoms with van der Waals surface area (Å²) < 4.78 is 1.87. The highest BCUT2D eigenvalue weighted by atomic mass is 15.3. The van der Waals surface area contributed by atoms with Crippen LogP contribution >= 0.6 is 0 Å². The highest BCUT2D eigenvalue weighted by molar-refractivity contribution is 5.77. The molecule has 2 aromatic carbocycles. The number of nitrogens with zero attached hydrogens (tertiary/aromatic N) is 3. The fourth-order valence-electron chi connectivity index (χ4n) is 2.57. The molecule has 3 N–H and O–H groups in total. The minimum Gasteiger partial charge on any atom is -0.370 e. The number of hydrogen-bond donors (Lipinski definition) is 2. The molecule has 0 atom stereocenters. The zero-order valence-corrected chi connectivity index (χ0v) is 14.4. The van der Waals surface area contributed by atoms with E-state index < -0.39 is 0 Å². The second kappa shape index (κ2) is 8.15. The van der Waals surface area contributed by atoms with Gasteiger partial charge < -0.3 is 11.1 Å². The molecule has 3 rings (SSSR count). The predicted molar refractivity (Wildman–Crippen MR) is 102 cm³/mol. The van der Waals surface area contributed by atoms with Gasteiger partial charge in [-0.15, -0.1) is 0 Å². The molecular formula is C20H23N5. The molecule has 0 fully saturated rings. The molecule has 0 spiro atoms. The number of rotatable bonds is 6. The molecule has 0 amide bonds. The van der Waals surface area contributed by atoms with Gasteiger partial charge in [-0.05, 0) is 31.0 Å². The van der Waals surface area contributed by atoms with Crippen LogP contribution in [-0.2, 0) is 13.0 Å². The molecule has 0 saturated carbocycles. The number of hydrogen-bond acceptors (Lipinski definition) is 2. The first-order valence-corrected chi connectivity index (χ1v) is 8.40. The van der Waals surface area contributed by atoms with Gasteiger partial charge in [-0.25, -0.2) is 9.67 Å². The molecule has 0 aliphatic rings.